The van der Waals surface area contributed by atoms with Gasteiger partial charge in [0.25, 0.3) is 0 Å². The maximum Gasteiger partial charge on any atom is 0.242 e. The fraction of sp³-hybridized carbons (Fsp3) is 0.571. The molecule has 1 aromatic carbocycles. The van der Waals surface area contributed by atoms with Crippen LogP contribution >= 0.6 is 0 Å². The summed E-state index contributed by atoms with van der Waals surface area (Å²) >= 11 is 0. The largest absolute Gasteiger partial charge is 0.381 e. The molecule has 0 radical (unpaired) electrons. The quantitative estimate of drug-likeness (QED) is 0.892. The summed E-state index contributed by atoms with van der Waals surface area (Å²) in [5.74, 6) is 0.786. The van der Waals surface area contributed by atoms with Gasteiger partial charge >= 0.3 is 0 Å². The minimum Gasteiger partial charge on any atom is -0.381 e. The normalized spacial score (nSPS) is 24.1. The van der Waals surface area contributed by atoms with Gasteiger partial charge in [-0.1, -0.05) is 19.1 Å². The van der Waals surface area contributed by atoms with Gasteiger partial charge in [0.15, 0.2) is 0 Å². The van der Waals surface area contributed by atoms with Gasteiger partial charge in [0.05, 0.1) is 5.69 Å². The average Bonchev–Trinajstić information content (AvgIpc) is 2.42. The lowest BCUT2D eigenvalue weighted by Gasteiger charge is -2.28. The average molecular weight is 282 g/mol. The van der Waals surface area contributed by atoms with E-state index in [1.165, 1.54) is 19.9 Å². The van der Waals surface area contributed by atoms with Crippen molar-refractivity contribution in [3.05, 3.63) is 24.3 Å². The lowest BCUT2D eigenvalue weighted by molar-refractivity contribution is 0.361. The Bertz CT molecular complexity index is 520. The molecule has 2 rings (SSSR count). The van der Waals surface area contributed by atoms with Crippen LogP contribution in [0.15, 0.2) is 29.2 Å². The smallest absolute Gasteiger partial charge is 0.242 e. The molecule has 106 valence electrons. The van der Waals surface area contributed by atoms with Crippen LogP contribution in [-0.2, 0) is 10.0 Å². The second kappa shape index (κ2) is 5.92. The van der Waals surface area contributed by atoms with Crippen molar-refractivity contribution in [1.82, 2.24) is 4.72 Å². The molecule has 1 saturated carbocycles. The van der Waals surface area contributed by atoms with Crippen LogP contribution in [0.4, 0.5) is 5.69 Å². The Labute approximate surface area is 115 Å². The van der Waals surface area contributed by atoms with Gasteiger partial charge in [0.1, 0.15) is 4.90 Å². The number of anilines is 1. The van der Waals surface area contributed by atoms with E-state index in [1.807, 2.05) is 12.1 Å². The lowest BCUT2D eigenvalue weighted by Crippen LogP contribution is -2.27. The summed E-state index contributed by atoms with van der Waals surface area (Å²) < 4.78 is 26.3. The standard InChI is InChI=1S/C14H22N2O2S/c1-11-7-9-12(10-8-11)16-13-5-3-4-6-14(13)19(17,18)15-2/h3-6,11-12,15-16H,7-10H2,1-2H3. The van der Waals surface area contributed by atoms with Crippen LogP contribution < -0.4 is 10.0 Å². The molecule has 19 heavy (non-hydrogen) atoms. The Hall–Kier alpha value is -1.07. The van der Waals surface area contributed by atoms with Crippen molar-refractivity contribution in [2.24, 2.45) is 5.92 Å². The highest BCUT2D eigenvalue weighted by Crippen LogP contribution is 2.28. The number of rotatable bonds is 4. The van der Waals surface area contributed by atoms with Crippen LogP contribution in [0.2, 0.25) is 0 Å². The highest BCUT2D eigenvalue weighted by Gasteiger charge is 2.21. The molecule has 1 aromatic rings. The SMILES string of the molecule is CNS(=O)(=O)c1ccccc1NC1CCC(C)CC1. The van der Waals surface area contributed by atoms with Crippen molar-refractivity contribution < 1.29 is 8.42 Å². The third-order valence-electron chi connectivity index (χ3n) is 3.82. The lowest BCUT2D eigenvalue weighted by atomic mass is 9.87. The monoisotopic (exact) mass is 282 g/mol. The van der Waals surface area contributed by atoms with Crippen molar-refractivity contribution in [2.75, 3.05) is 12.4 Å². The minimum absolute atomic E-state index is 0.330. The van der Waals surface area contributed by atoms with Crippen LogP contribution in [0.5, 0.6) is 0 Å². The first-order valence-corrected chi connectivity index (χ1v) is 8.30. The van der Waals surface area contributed by atoms with Crippen LogP contribution in [0, 0.1) is 5.92 Å². The van der Waals surface area contributed by atoms with Crippen LogP contribution in [0.3, 0.4) is 0 Å². The van der Waals surface area contributed by atoms with E-state index in [9.17, 15) is 8.42 Å². The third kappa shape index (κ3) is 3.48. The molecule has 1 fully saturated rings. The first kappa shape index (κ1) is 14.3. The predicted octanol–water partition coefficient (Wildman–Crippen LogP) is 2.59. The molecule has 0 heterocycles. The first-order valence-electron chi connectivity index (χ1n) is 6.82. The summed E-state index contributed by atoms with van der Waals surface area (Å²) in [6, 6.07) is 7.47. The molecule has 0 saturated heterocycles. The second-order valence-corrected chi connectivity index (χ2v) is 7.16. The van der Waals surface area contributed by atoms with Gasteiger partial charge in [-0.25, -0.2) is 13.1 Å². The van der Waals surface area contributed by atoms with E-state index in [-0.39, 0.29) is 0 Å². The summed E-state index contributed by atoms with van der Waals surface area (Å²) in [7, 11) is -1.96. The predicted molar refractivity (Wildman–Crippen MR) is 77.7 cm³/mol. The Morgan fingerprint density at radius 2 is 1.74 bits per heavy atom. The maximum atomic E-state index is 12.0. The zero-order valence-corrected chi connectivity index (χ0v) is 12.3. The Balaban J connectivity index is 2.17. The molecule has 5 heteroatoms. The molecule has 1 aliphatic carbocycles. The van der Waals surface area contributed by atoms with Gasteiger partial charge in [0, 0.05) is 6.04 Å². The Kier molecular flexibility index (Phi) is 4.47. The number of sulfonamides is 1. The molecule has 0 atom stereocenters. The molecule has 1 aliphatic rings. The van der Waals surface area contributed by atoms with Crippen molar-refractivity contribution in [3.63, 3.8) is 0 Å². The highest BCUT2D eigenvalue weighted by molar-refractivity contribution is 7.89. The van der Waals surface area contributed by atoms with E-state index in [4.69, 9.17) is 0 Å². The van der Waals surface area contributed by atoms with Gasteiger partial charge < -0.3 is 5.32 Å². The molecule has 0 unspecified atom stereocenters. The number of benzene rings is 1. The fourth-order valence-electron chi connectivity index (χ4n) is 2.55. The minimum atomic E-state index is -3.40. The fourth-order valence-corrected chi connectivity index (χ4v) is 3.45. The summed E-state index contributed by atoms with van der Waals surface area (Å²) in [5.41, 5.74) is 0.705. The van der Waals surface area contributed by atoms with Gasteiger partial charge in [-0.05, 0) is 50.8 Å². The summed E-state index contributed by atoms with van der Waals surface area (Å²) in [6.45, 7) is 2.27. The van der Waals surface area contributed by atoms with Gasteiger partial charge in [-0.15, -0.1) is 0 Å². The maximum absolute atomic E-state index is 12.0. The molecular formula is C14H22N2O2S. The molecule has 0 aliphatic heterocycles. The number of hydrogen-bond donors (Lipinski definition) is 2. The van der Waals surface area contributed by atoms with E-state index in [2.05, 4.69) is 17.0 Å². The molecular weight excluding hydrogens is 260 g/mol. The molecule has 0 bridgehead atoms. The highest BCUT2D eigenvalue weighted by atomic mass is 32.2. The Morgan fingerprint density at radius 3 is 2.37 bits per heavy atom. The van der Waals surface area contributed by atoms with E-state index >= 15 is 0 Å². The topological polar surface area (TPSA) is 58.2 Å². The first-order chi connectivity index (χ1) is 9.03. The van der Waals surface area contributed by atoms with Crippen LogP contribution in [0.25, 0.3) is 0 Å². The molecule has 0 aromatic heterocycles. The van der Waals surface area contributed by atoms with Gasteiger partial charge in [-0.3, -0.25) is 0 Å². The number of hydrogen-bond acceptors (Lipinski definition) is 3. The molecule has 0 amide bonds. The van der Waals surface area contributed by atoms with E-state index < -0.39 is 10.0 Å². The number of para-hydroxylation sites is 1. The van der Waals surface area contributed by atoms with Gasteiger partial charge in [-0.2, -0.15) is 0 Å². The molecule has 4 nitrogen and oxygen atoms in total. The number of nitrogens with one attached hydrogen (secondary N) is 2. The van der Waals surface area contributed by atoms with Crippen LogP contribution in [0.1, 0.15) is 32.6 Å². The van der Waals surface area contributed by atoms with Crippen molar-refractivity contribution in [3.8, 4) is 0 Å². The second-order valence-electron chi connectivity index (χ2n) is 5.30. The summed E-state index contributed by atoms with van der Waals surface area (Å²) in [5, 5.41) is 3.39. The summed E-state index contributed by atoms with van der Waals surface area (Å²) in [4.78, 5) is 0.330. The summed E-state index contributed by atoms with van der Waals surface area (Å²) in [6.07, 6.45) is 4.63. The third-order valence-corrected chi connectivity index (χ3v) is 5.29. The van der Waals surface area contributed by atoms with Crippen LogP contribution in [-0.4, -0.2) is 21.5 Å². The van der Waals surface area contributed by atoms with Gasteiger partial charge in [0.2, 0.25) is 10.0 Å². The van der Waals surface area contributed by atoms with E-state index in [0.29, 0.717) is 16.6 Å². The molecule has 2 N–H and O–H groups in total. The van der Waals surface area contributed by atoms with Crippen molar-refractivity contribution in [2.45, 2.75) is 43.5 Å². The van der Waals surface area contributed by atoms with Crippen molar-refractivity contribution in [1.29, 1.82) is 0 Å². The molecule has 0 spiro atoms. The van der Waals surface area contributed by atoms with E-state index in [0.717, 1.165) is 18.8 Å². The Morgan fingerprint density at radius 1 is 1.11 bits per heavy atom. The van der Waals surface area contributed by atoms with Crippen molar-refractivity contribution >= 4 is 15.7 Å². The van der Waals surface area contributed by atoms with E-state index in [1.54, 1.807) is 12.1 Å². The zero-order chi connectivity index (χ0) is 13.9. The zero-order valence-electron chi connectivity index (χ0n) is 11.5.